The second-order valence-electron chi connectivity index (χ2n) is 4.09. The Hall–Kier alpha value is -1.21. The summed E-state index contributed by atoms with van der Waals surface area (Å²) in [7, 11) is 1.69. The van der Waals surface area contributed by atoms with E-state index in [-0.39, 0.29) is 0 Å². The lowest BCUT2D eigenvalue weighted by Gasteiger charge is -2.09. The highest BCUT2D eigenvalue weighted by atomic mass is 35.5. The average Bonchev–Trinajstić information content (AvgIpc) is 2.42. The van der Waals surface area contributed by atoms with Crippen LogP contribution >= 0.6 is 11.6 Å². The monoisotopic (exact) mass is 281 g/mol. The van der Waals surface area contributed by atoms with Crippen LogP contribution in [0.15, 0.2) is 18.2 Å². The van der Waals surface area contributed by atoms with E-state index in [2.05, 4.69) is 11.2 Å². The first-order chi connectivity index (χ1) is 9.27. The molecule has 0 aliphatic carbocycles. The average molecular weight is 282 g/mol. The maximum Gasteiger partial charge on any atom is 0.137 e. The van der Waals surface area contributed by atoms with Gasteiger partial charge in [0.1, 0.15) is 5.75 Å². The van der Waals surface area contributed by atoms with Crippen molar-refractivity contribution in [3.05, 3.63) is 28.8 Å². The Kier molecular flexibility index (Phi) is 8.08. The largest absolute Gasteiger partial charge is 0.492 e. The van der Waals surface area contributed by atoms with Gasteiger partial charge in [-0.05, 0) is 24.1 Å². The van der Waals surface area contributed by atoms with Gasteiger partial charge in [0.25, 0.3) is 0 Å². The molecule has 1 rings (SSSR count). The van der Waals surface area contributed by atoms with Gasteiger partial charge in [0, 0.05) is 26.6 Å². The first-order valence-electron chi connectivity index (χ1n) is 6.32. The topological polar surface area (TPSA) is 30.5 Å². The van der Waals surface area contributed by atoms with Crippen molar-refractivity contribution in [1.29, 1.82) is 0 Å². The summed E-state index contributed by atoms with van der Waals surface area (Å²) in [6.45, 7) is 2.87. The first-order valence-corrected chi connectivity index (χ1v) is 6.70. The fourth-order valence-electron chi connectivity index (χ4n) is 1.53. The number of ether oxygens (including phenoxy) is 2. The van der Waals surface area contributed by atoms with E-state index in [1.54, 1.807) is 7.11 Å². The van der Waals surface area contributed by atoms with Gasteiger partial charge in [0.15, 0.2) is 0 Å². The smallest absolute Gasteiger partial charge is 0.137 e. The second-order valence-corrected chi connectivity index (χ2v) is 4.50. The van der Waals surface area contributed by atoms with E-state index >= 15 is 0 Å². The molecule has 0 saturated carbocycles. The van der Waals surface area contributed by atoms with E-state index in [1.807, 2.05) is 18.2 Å². The summed E-state index contributed by atoms with van der Waals surface area (Å²) in [6, 6.07) is 5.81. The van der Waals surface area contributed by atoms with E-state index in [4.69, 9.17) is 27.5 Å². The Morgan fingerprint density at radius 2 is 2.21 bits per heavy atom. The van der Waals surface area contributed by atoms with Crippen LogP contribution in [0.4, 0.5) is 0 Å². The van der Waals surface area contributed by atoms with Crippen molar-refractivity contribution in [2.45, 2.75) is 19.4 Å². The molecule has 19 heavy (non-hydrogen) atoms. The van der Waals surface area contributed by atoms with Crippen LogP contribution in [0.2, 0.25) is 5.02 Å². The summed E-state index contributed by atoms with van der Waals surface area (Å²) in [5.74, 6) is 3.29. The van der Waals surface area contributed by atoms with Crippen LogP contribution in [0, 0.1) is 12.3 Å². The first kappa shape index (κ1) is 15.8. The minimum absolute atomic E-state index is 0.593. The lowest BCUT2D eigenvalue weighted by Crippen LogP contribution is -2.18. The third kappa shape index (κ3) is 6.49. The number of rotatable bonds is 9. The van der Waals surface area contributed by atoms with Gasteiger partial charge in [-0.25, -0.2) is 0 Å². The van der Waals surface area contributed by atoms with Crippen LogP contribution in [0.1, 0.15) is 18.4 Å². The highest BCUT2D eigenvalue weighted by molar-refractivity contribution is 6.32. The molecule has 104 valence electrons. The molecule has 0 aromatic heterocycles. The number of terminal acetylenes is 1. The van der Waals surface area contributed by atoms with Gasteiger partial charge >= 0.3 is 0 Å². The van der Waals surface area contributed by atoms with Crippen LogP contribution in [-0.2, 0) is 11.3 Å². The van der Waals surface area contributed by atoms with Gasteiger partial charge in [0.2, 0.25) is 0 Å². The van der Waals surface area contributed by atoms with Gasteiger partial charge in [-0.3, -0.25) is 0 Å². The molecular formula is C15H20ClNO2. The van der Waals surface area contributed by atoms with E-state index in [1.165, 1.54) is 0 Å². The quantitative estimate of drug-likeness (QED) is 0.558. The van der Waals surface area contributed by atoms with Crippen molar-refractivity contribution in [3.63, 3.8) is 0 Å². The van der Waals surface area contributed by atoms with Gasteiger partial charge in [-0.1, -0.05) is 17.7 Å². The van der Waals surface area contributed by atoms with Gasteiger partial charge in [-0.2, -0.15) is 0 Å². The Balaban J connectivity index is 2.39. The molecule has 1 aromatic carbocycles. The number of halogens is 1. The Labute approximate surface area is 120 Å². The van der Waals surface area contributed by atoms with Crippen molar-refractivity contribution < 1.29 is 9.47 Å². The van der Waals surface area contributed by atoms with Crippen molar-refractivity contribution >= 4 is 11.6 Å². The van der Waals surface area contributed by atoms with E-state index in [9.17, 15) is 0 Å². The lowest BCUT2D eigenvalue weighted by atomic mass is 10.2. The van der Waals surface area contributed by atoms with Crippen molar-refractivity contribution in [2.75, 3.05) is 26.9 Å². The van der Waals surface area contributed by atoms with Crippen LogP contribution in [0.5, 0.6) is 5.75 Å². The molecule has 0 radical (unpaired) electrons. The molecular weight excluding hydrogens is 262 g/mol. The maximum absolute atomic E-state index is 6.16. The summed E-state index contributed by atoms with van der Waals surface area (Å²) in [5, 5.41) is 3.89. The predicted octanol–water partition coefficient (Wildman–Crippen LogP) is 2.87. The standard InChI is InChI=1S/C15H20ClNO2/c1-3-4-5-9-19-15-7-6-13(11-14(15)16)12-17-8-10-18-2/h1,6-7,11,17H,4-5,8-10,12H2,2H3. The summed E-state index contributed by atoms with van der Waals surface area (Å²) in [4.78, 5) is 0. The molecule has 0 fully saturated rings. The lowest BCUT2D eigenvalue weighted by molar-refractivity contribution is 0.199. The Bertz CT molecular complexity index is 415. The predicted molar refractivity (Wildman–Crippen MR) is 78.6 cm³/mol. The van der Waals surface area contributed by atoms with Gasteiger partial charge in [0.05, 0.1) is 18.2 Å². The molecule has 3 nitrogen and oxygen atoms in total. The third-order valence-corrected chi connectivity index (χ3v) is 2.83. The number of unbranched alkanes of at least 4 members (excludes halogenated alkanes) is 1. The minimum Gasteiger partial charge on any atom is -0.492 e. The third-order valence-electron chi connectivity index (χ3n) is 2.53. The van der Waals surface area contributed by atoms with Crippen molar-refractivity contribution in [1.82, 2.24) is 5.32 Å². The molecule has 0 spiro atoms. The number of methoxy groups -OCH3 is 1. The SMILES string of the molecule is C#CCCCOc1ccc(CNCCOC)cc1Cl. The zero-order valence-electron chi connectivity index (χ0n) is 11.2. The van der Waals surface area contributed by atoms with Crippen molar-refractivity contribution in [2.24, 2.45) is 0 Å². The molecule has 0 amide bonds. The molecule has 4 heteroatoms. The molecule has 0 atom stereocenters. The Morgan fingerprint density at radius 1 is 1.37 bits per heavy atom. The molecule has 0 aliphatic rings. The molecule has 0 bridgehead atoms. The number of hydrogen-bond acceptors (Lipinski definition) is 3. The van der Waals surface area contributed by atoms with Crippen molar-refractivity contribution in [3.8, 4) is 18.1 Å². The van der Waals surface area contributed by atoms with Crippen LogP contribution in [-0.4, -0.2) is 26.9 Å². The minimum atomic E-state index is 0.593. The fraction of sp³-hybridized carbons (Fsp3) is 0.467. The van der Waals surface area contributed by atoms with E-state index in [0.29, 0.717) is 24.0 Å². The molecule has 0 aliphatic heterocycles. The molecule has 1 N–H and O–H groups in total. The summed E-state index contributed by atoms with van der Waals surface area (Å²) >= 11 is 6.16. The maximum atomic E-state index is 6.16. The summed E-state index contributed by atoms with van der Waals surface area (Å²) < 4.78 is 10.5. The zero-order valence-corrected chi connectivity index (χ0v) is 12.0. The normalized spacial score (nSPS) is 10.2. The number of nitrogens with one attached hydrogen (secondary N) is 1. The van der Waals surface area contributed by atoms with Gasteiger partial charge in [-0.15, -0.1) is 12.3 Å². The van der Waals surface area contributed by atoms with Crippen LogP contribution in [0.3, 0.4) is 0 Å². The second kappa shape index (κ2) is 9.69. The van der Waals surface area contributed by atoms with Gasteiger partial charge < -0.3 is 14.8 Å². The van der Waals surface area contributed by atoms with E-state index < -0.39 is 0 Å². The molecule has 0 saturated heterocycles. The number of benzene rings is 1. The highest BCUT2D eigenvalue weighted by Crippen LogP contribution is 2.25. The van der Waals surface area contributed by atoms with Crippen LogP contribution in [0.25, 0.3) is 0 Å². The zero-order chi connectivity index (χ0) is 13.9. The number of hydrogen-bond donors (Lipinski definition) is 1. The van der Waals surface area contributed by atoms with Crippen LogP contribution < -0.4 is 10.1 Å². The molecule has 1 aromatic rings. The molecule has 0 heterocycles. The molecule has 0 unspecified atom stereocenters. The highest BCUT2D eigenvalue weighted by Gasteiger charge is 2.03. The van der Waals surface area contributed by atoms with E-state index in [0.717, 1.165) is 31.5 Å². The summed E-state index contributed by atoms with van der Waals surface area (Å²) in [6.07, 6.45) is 6.74. The fourth-order valence-corrected chi connectivity index (χ4v) is 1.79. The summed E-state index contributed by atoms with van der Waals surface area (Å²) in [5.41, 5.74) is 1.12. The Morgan fingerprint density at radius 3 is 2.89 bits per heavy atom.